The second-order valence-corrected chi connectivity index (χ2v) is 8.45. The molecule has 0 saturated carbocycles. The largest absolute Gasteiger partial charge is 0.507 e. The summed E-state index contributed by atoms with van der Waals surface area (Å²) in [5.74, 6) is -1.12. The van der Waals surface area contributed by atoms with Crippen LogP contribution in [0, 0.1) is 0 Å². The van der Waals surface area contributed by atoms with Gasteiger partial charge in [-0.2, -0.15) is 0 Å². The molecule has 0 radical (unpaired) electrons. The van der Waals surface area contributed by atoms with Crippen molar-refractivity contribution in [1.82, 2.24) is 4.90 Å². The Morgan fingerprint density at radius 1 is 1.17 bits per heavy atom. The molecule has 1 unspecified atom stereocenters. The summed E-state index contributed by atoms with van der Waals surface area (Å²) in [5, 5.41) is 11.3. The molecule has 1 fully saturated rings. The lowest BCUT2D eigenvalue weighted by Crippen LogP contribution is -2.31. The molecule has 2 aromatic carbocycles. The number of hydrogen-bond acceptors (Lipinski definition) is 8. The molecule has 2 aliphatic heterocycles. The molecule has 0 spiro atoms. The molecule has 184 valence electrons. The first-order valence-corrected chi connectivity index (χ1v) is 11.4. The number of ketones is 1. The van der Waals surface area contributed by atoms with Gasteiger partial charge in [-0.15, -0.1) is 0 Å². The number of likely N-dealkylation sites (N-methyl/N-ethyl adjacent to an activating group) is 1. The van der Waals surface area contributed by atoms with Crippen LogP contribution in [0.3, 0.4) is 0 Å². The Morgan fingerprint density at radius 3 is 2.60 bits per heavy atom. The number of Topliss-reactive ketones (excluding diaryl/α,β-unsaturated/α-hetero) is 1. The smallest absolute Gasteiger partial charge is 0.308 e. The Bertz CT molecular complexity index is 1170. The van der Waals surface area contributed by atoms with Crippen LogP contribution in [0.2, 0.25) is 0 Å². The SMILES string of the molecule is COCCCN1C(=O)C(=O)/C(=C(\O)c2ccc3c(c2)N(C)CCO3)C1c1ccc(OC(C)=O)cc1. The number of carbonyl (C=O) groups excluding carboxylic acids is 3. The minimum atomic E-state index is -0.803. The first-order chi connectivity index (χ1) is 16.8. The average Bonchev–Trinajstić information content (AvgIpc) is 3.09. The van der Waals surface area contributed by atoms with Gasteiger partial charge in [0, 0.05) is 39.8 Å². The third-order valence-electron chi connectivity index (χ3n) is 6.07. The highest BCUT2D eigenvalue weighted by molar-refractivity contribution is 6.46. The number of rotatable bonds is 7. The molecule has 0 aromatic heterocycles. The number of carbonyl (C=O) groups is 3. The van der Waals surface area contributed by atoms with Gasteiger partial charge in [0.15, 0.2) is 0 Å². The number of aliphatic hydroxyl groups is 1. The van der Waals surface area contributed by atoms with Crippen LogP contribution in [0.1, 0.15) is 30.5 Å². The van der Waals surface area contributed by atoms with Gasteiger partial charge in [0.1, 0.15) is 23.9 Å². The molecule has 9 nitrogen and oxygen atoms in total. The molecule has 4 rings (SSSR count). The second kappa shape index (κ2) is 10.2. The Morgan fingerprint density at radius 2 is 1.91 bits per heavy atom. The molecule has 1 atom stereocenters. The molecule has 2 aromatic rings. The monoisotopic (exact) mass is 480 g/mol. The maximum absolute atomic E-state index is 13.2. The Labute approximate surface area is 203 Å². The van der Waals surface area contributed by atoms with Crippen LogP contribution in [0.15, 0.2) is 48.0 Å². The van der Waals surface area contributed by atoms with Crippen LogP contribution in [0.4, 0.5) is 5.69 Å². The molecule has 35 heavy (non-hydrogen) atoms. The normalized spacial score (nSPS) is 18.9. The molecule has 0 aliphatic carbocycles. The van der Waals surface area contributed by atoms with E-state index < -0.39 is 23.7 Å². The number of ether oxygens (including phenoxy) is 3. The lowest BCUT2D eigenvalue weighted by molar-refractivity contribution is -0.140. The van der Waals surface area contributed by atoms with Crippen molar-refractivity contribution in [3.05, 3.63) is 59.2 Å². The molecule has 2 aliphatic rings. The topological polar surface area (TPSA) is 106 Å². The first kappa shape index (κ1) is 24.3. The fourth-order valence-corrected chi connectivity index (χ4v) is 4.37. The lowest BCUT2D eigenvalue weighted by Gasteiger charge is -2.28. The van der Waals surface area contributed by atoms with Crippen LogP contribution in [0.25, 0.3) is 5.76 Å². The Balaban J connectivity index is 1.79. The van der Waals surface area contributed by atoms with Crippen molar-refractivity contribution in [3.8, 4) is 11.5 Å². The minimum absolute atomic E-state index is 0.00647. The van der Waals surface area contributed by atoms with E-state index in [1.165, 1.54) is 11.8 Å². The van der Waals surface area contributed by atoms with E-state index in [0.29, 0.717) is 48.8 Å². The summed E-state index contributed by atoms with van der Waals surface area (Å²) in [7, 11) is 3.49. The van der Waals surface area contributed by atoms with Gasteiger partial charge in [-0.1, -0.05) is 12.1 Å². The van der Waals surface area contributed by atoms with E-state index in [2.05, 4.69) is 0 Å². The van der Waals surface area contributed by atoms with Gasteiger partial charge in [-0.05, 0) is 42.3 Å². The van der Waals surface area contributed by atoms with Crippen molar-refractivity contribution >= 4 is 29.1 Å². The zero-order chi connectivity index (χ0) is 25.1. The van der Waals surface area contributed by atoms with Crippen LogP contribution in [0.5, 0.6) is 11.5 Å². The standard InChI is InChI=1S/C26H28N2O7/c1-16(29)35-19-8-5-17(6-9-19)23-22(25(31)26(32)28(23)11-4-13-33-3)24(30)18-7-10-21-20(15-18)27(2)12-14-34-21/h5-10,15,23,30H,4,11-14H2,1-3H3/b24-22-. The second-order valence-electron chi connectivity index (χ2n) is 8.45. The molecule has 1 amide bonds. The molecular weight excluding hydrogens is 452 g/mol. The van der Waals surface area contributed by atoms with Gasteiger partial charge in [-0.25, -0.2) is 0 Å². The summed E-state index contributed by atoms with van der Waals surface area (Å²) in [6, 6.07) is 10.9. The maximum Gasteiger partial charge on any atom is 0.308 e. The fraction of sp³-hybridized carbons (Fsp3) is 0.346. The fourth-order valence-electron chi connectivity index (χ4n) is 4.37. The highest BCUT2D eigenvalue weighted by Crippen LogP contribution is 2.41. The zero-order valence-corrected chi connectivity index (χ0v) is 19.9. The van der Waals surface area contributed by atoms with Gasteiger partial charge in [0.05, 0.1) is 23.8 Å². The highest BCUT2D eigenvalue weighted by atomic mass is 16.5. The third-order valence-corrected chi connectivity index (χ3v) is 6.07. The number of anilines is 1. The van der Waals surface area contributed by atoms with Crippen molar-refractivity contribution < 1.29 is 33.7 Å². The predicted octanol–water partition coefficient (Wildman–Crippen LogP) is 2.90. The number of amides is 1. The third kappa shape index (κ3) is 4.85. The van der Waals surface area contributed by atoms with Crippen molar-refractivity contribution in [2.75, 3.05) is 45.4 Å². The molecule has 9 heteroatoms. The van der Waals surface area contributed by atoms with E-state index >= 15 is 0 Å². The summed E-state index contributed by atoms with van der Waals surface area (Å²) in [6.45, 7) is 3.24. The number of likely N-dealkylation sites (tertiary alicyclic amines) is 1. The van der Waals surface area contributed by atoms with E-state index in [4.69, 9.17) is 14.2 Å². The Kier molecular flexibility index (Phi) is 7.07. The number of esters is 1. The number of nitrogens with zero attached hydrogens (tertiary/aromatic N) is 2. The summed E-state index contributed by atoms with van der Waals surface area (Å²) in [6.07, 6.45) is 0.520. The summed E-state index contributed by atoms with van der Waals surface area (Å²) >= 11 is 0. The van der Waals surface area contributed by atoms with Crippen molar-refractivity contribution in [2.24, 2.45) is 0 Å². The van der Waals surface area contributed by atoms with E-state index in [1.54, 1.807) is 49.6 Å². The zero-order valence-electron chi connectivity index (χ0n) is 19.9. The predicted molar refractivity (Wildman–Crippen MR) is 128 cm³/mol. The van der Waals surface area contributed by atoms with E-state index in [-0.39, 0.29) is 17.9 Å². The quantitative estimate of drug-likeness (QED) is 0.161. The summed E-state index contributed by atoms with van der Waals surface area (Å²) < 4.78 is 15.9. The van der Waals surface area contributed by atoms with Crippen molar-refractivity contribution in [3.63, 3.8) is 0 Å². The first-order valence-electron chi connectivity index (χ1n) is 11.4. The molecular formula is C26H28N2O7. The number of hydrogen-bond donors (Lipinski definition) is 1. The lowest BCUT2D eigenvalue weighted by atomic mass is 9.95. The summed E-state index contributed by atoms with van der Waals surface area (Å²) in [5.41, 5.74) is 1.82. The van der Waals surface area contributed by atoms with Crippen LogP contribution in [-0.4, -0.2) is 68.1 Å². The van der Waals surface area contributed by atoms with Gasteiger partial charge < -0.3 is 29.1 Å². The molecule has 1 saturated heterocycles. The molecule has 0 bridgehead atoms. The van der Waals surface area contributed by atoms with E-state index in [9.17, 15) is 19.5 Å². The summed E-state index contributed by atoms with van der Waals surface area (Å²) in [4.78, 5) is 40.9. The number of fused-ring (bicyclic) bond motifs is 1. The van der Waals surface area contributed by atoms with Gasteiger partial charge in [0.2, 0.25) is 0 Å². The van der Waals surface area contributed by atoms with Gasteiger partial charge >= 0.3 is 5.97 Å². The van der Waals surface area contributed by atoms with Crippen molar-refractivity contribution in [1.29, 1.82) is 0 Å². The van der Waals surface area contributed by atoms with Crippen LogP contribution >= 0.6 is 0 Å². The molecule has 2 heterocycles. The average molecular weight is 481 g/mol. The highest BCUT2D eigenvalue weighted by Gasteiger charge is 2.45. The molecule has 1 N–H and O–H groups in total. The number of methoxy groups -OCH3 is 1. The number of aliphatic hydroxyl groups excluding tert-OH is 1. The van der Waals surface area contributed by atoms with Crippen LogP contribution < -0.4 is 14.4 Å². The number of benzene rings is 2. The van der Waals surface area contributed by atoms with Gasteiger partial charge in [0.25, 0.3) is 11.7 Å². The maximum atomic E-state index is 13.2. The van der Waals surface area contributed by atoms with E-state index in [1.807, 2.05) is 11.9 Å². The van der Waals surface area contributed by atoms with Crippen LogP contribution in [-0.2, 0) is 19.1 Å². The Hall–Kier alpha value is -3.85. The van der Waals surface area contributed by atoms with Crippen molar-refractivity contribution in [2.45, 2.75) is 19.4 Å². The minimum Gasteiger partial charge on any atom is -0.507 e. The van der Waals surface area contributed by atoms with Gasteiger partial charge in [-0.3, -0.25) is 14.4 Å². The van der Waals surface area contributed by atoms with E-state index in [0.717, 1.165) is 5.69 Å².